The van der Waals surface area contributed by atoms with Gasteiger partial charge in [-0.2, -0.15) is 0 Å². The maximum absolute atomic E-state index is 12.5. The molecule has 3 heterocycles. The Bertz CT molecular complexity index is 1240. The zero-order chi connectivity index (χ0) is 30.7. The lowest BCUT2D eigenvalue weighted by Gasteiger charge is -2.43. The summed E-state index contributed by atoms with van der Waals surface area (Å²) in [5.41, 5.74) is 10.1. The van der Waals surface area contributed by atoms with Crippen LogP contribution in [0.15, 0.2) is 18.2 Å². The van der Waals surface area contributed by atoms with Gasteiger partial charge in [0.15, 0.2) is 17.3 Å². The van der Waals surface area contributed by atoms with Gasteiger partial charge in [-0.1, -0.05) is 13.8 Å². The standard InChI is InChI=1S/C33H53N9O/c1-22(2)29-32(35-24-7-10-26(11-8-24)39(4)5)38-33(30(37-29)31(34)43)36-25-9-12-28(23(3)21-25)42-15-13-27(14-16-42)41-19-17-40(6)18-20-41/h9,12,21-22,24,26-27H,7-8,10-11,13-20H2,1-6H3,(H2,34,43)(H2,35,36,38). The number of rotatable bonds is 9. The number of hydrogen-bond donors (Lipinski definition) is 3. The zero-order valence-corrected chi connectivity index (χ0v) is 27.2. The summed E-state index contributed by atoms with van der Waals surface area (Å²) >= 11 is 0. The highest BCUT2D eigenvalue weighted by Crippen LogP contribution is 2.32. The van der Waals surface area contributed by atoms with Crippen molar-refractivity contribution >= 4 is 28.9 Å². The third kappa shape index (κ3) is 7.59. The number of amides is 1. The number of anilines is 4. The highest BCUT2D eigenvalue weighted by Gasteiger charge is 2.28. The molecule has 0 radical (unpaired) electrons. The third-order valence-electron chi connectivity index (χ3n) is 9.79. The van der Waals surface area contributed by atoms with E-state index in [-0.39, 0.29) is 11.6 Å². The lowest BCUT2D eigenvalue weighted by molar-refractivity contribution is 0.0982. The largest absolute Gasteiger partial charge is 0.371 e. The summed E-state index contributed by atoms with van der Waals surface area (Å²) in [6.45, 7) is 13.2. The minimum absolute atomic E-state index is 0.0992. The molecule has 3 aliphatic rings. The van der Waals surface area contributed by atoms with Crippen LogP contribution in [0.25, 0.3) is 0 Å². The highest BCUT2D eigenvalue weighted by atomic mass is 16.1. The Labute approximate surface area is 258 Å². The molecule has 1 amide bonds. The fourth-order valence-corrected chi connectivity index (χ4v) is 7.03. The molecule has 2 saturated heterocycles. The quantitative estimate of drug-likeness (QED) is 0.395. The number of aryl methyl sites for hydroxylation is 1. The van der Waals surface area contributed by atoms with Crippen molar-refractivity contribution in [3.63, 3.8) is 0 Å². The molecule has 1 aliphatic carbocycles. The fraction of sp³-hybridized carbons (Fsp3) is 0.667. The van der Waals surface area contributed by atoms with Gasteiger partial charge < -0.3 is 31.1 Å². The van der Waals surface area contributed by atoms with Crippen LogP contribution in [0.3, 0.4) is 0 Å². The van der Waals surface area contributed by atoms with Gasteiger partial charge in [-0.25, -0.2) is 9.97 Å². The highest BCUT2D eigenvalue weighted by molar-refractivity contribution is 5.96. The molecule has 5 rings (SSSR count). The summed E-state index contributed by atoms with van der Waals surface area (Å²) in [6.07, 6.45) is 6.87. The zero-order valence-electron chi connectivity index (χ0n) is 27.2. The third-order valence-corrected chi connectivity index (χ3v) is 9.79. The van der Waals surface area contributed by atoms with Crippen LogP contribution in [0.4, 0.5) is 23.0 Å². The Kier molecular flexibility index (Phi) is 10.1. The summed E-state index contributed by atoms with van der Waals surface area (Å²) in [7, 11) is 6.54. The first-order chi connectivity index (χ1) is 20.6. The summed E-state index contributed by atoms with van der Waals surface area (Å²) in [5, 5.41) is 7.07. The lowest BCUT2D eigenvalue weighted by Crippen LogP contribution is -2.52. The minimum atomic E-state index is -0.577. The maximum Gasteiger partial charge on any atom is 0.271 e. The van der Waals surface area contributed by atoms with E-state index in [4.69, 9.17) is 15.7 Å². The Hall–Kier alpha value is -2.95. The van der Waals surface area contributed by atoms with Gasteiger partial charge in [-0.05, 0) is 96.3 Å². The summed E-state index contributed by atoms with van der Waals surface area (Å²) in [4.78, 5) is 32.2. The predicted octanol–water partition coefficient (Wildman–Crippen LogP) is 4.25. The van der Waals surface area contributed by atoms with Crippen molar-refractivity contribution in [2.75, 3.05) is 75.9 Å². The molecule has 2 aliphatic heterocycles. The van der Waals surface area contributed by atoms with E-state index in [0.717, 1.165) is 56.0 Å². The number of primary amides is 1. The van der Waals surface area contributed by atoms with E-state index in [0.29, 0.717) is 23.9 Å². The molecule has 1 aromatic heterocycles. The first-order valence-electron chi connectivity index (χ1n) is 16.3. The van der Waals surface area contributed by atoms with Crippen LogP contribution in [0.1, 0.15) is 80.0 Å². The van der Waals surface area contributed by atoms with E-state index in [2.05, 4.69) is 90.3 Å². The van der Waals surface area contributed by atoms with Gasteiger partial charge in [0.2, 0.25) is 0 Å². The van der Waals surface area contributed by atoms with Crippen molar-refractivity contribution < 1.29 is 4.79 Å². The Morgan fingerprint density at radius 3 is 2.21 bits per heavy atom. The van der Waals surface area contributed by atoms with Gasteiger partial charge in [0.25, 0.3) is 5.91 Å². The van der Waals surface area contributed by atoms with E-state index in [9.17, 15) is 4.79 Å². The molecule has 1 saturated carbocycles. The maximum atomic E-state index is 12.5. The molecule has 43 heavy (non-hydrogen) atoms. The molecule has 0 spiro atoms. The van der Waals surface area contributed by atoms with E-state index in [1.807, 2.05) is 0 Å². The van der Waals surface area contributed by atoms with Crippen molar-refractivity contribution in [2.45, 2.75) is 83.3 Å². The summed E-state index contributed by atoms with van der Waals surface area (Å²) in [6, 6.07) is 8.05. The molecule has 4 N–H and O–H groups in total. The lowest BCUT2D eigenvalue weighted by atomic mass is 9.90. The van der Waals surface area contributed by atoms with Crippen LogP contribution in [-0.2, 0) is 0 Å². The van der Waals surface area contributed by atoms with Crippen molar-refractivity contribution in [2.24, 2.45) is 5.73 Å². The minimum Gasteiger partial charge on any atom is -0.371 e. The summed E-state index contributed by atoms with van der Waals surface area (Å²) < 4.78 is 0. The second-order valence-corrected chi connectivity index (χ2v) is 13.5. The molecule has 10 nitrogen and oxygen atoms in total. The van der Waals surface area contributed by atoms with E-state index in [1.54, 1.807) is 0 Å². The van der Waals surface area contributed by atoms with Gasteiger partial charge in [0, 0.05) is 68.8 Å². The van der Waals surface area contributed by atoms with Crippen molar-refractivity contribution in [1.82, 2.24) is 24.7 Å². The van der Waals surface area contributed by atoms with Crippen LogP contribution >= 0.6 is 0 Å². The van der Waals surface area contributed by atoms with E-state index in [1.165, 1.54) is 50.3 Å². The van der Waals surface area contributed by atoms with Crippen molar-refractivity contribution in [3.05, 3.63) is 35.2 Å². The fourth-order valence-electron chi connectivity index (χ4n) is 7.03. The molecule has 1 aromatic carbocycles. The van der Waals surface area contributed by atoms with E-state index >= 15 is 0 Å². The monoisotopic (exact) mass is 591 g/mol. The number of nitrogens with zero attached hydrogens (tertiary/aromatic N) is 6. The number of benzene rings is 1. The first-order valence-corrected chi connectivity index (χ1v) is 16.3. The Morgan fingerprint density at radius 1 is 0.953 bits per heavy atom. The molecule has 3 fully saturated rings. The van der Waals surface area contributed by atoms with Crippen molar-refractivity contribution in [3.8, 4) is 0 Å². The number of hydrogen-bond acceptors (Lipinski definition) is 9. The molecule has 0 unspecified atom stereocenters. The first kappa shape index (κ1) is 31.5. The topological polar surface area (TPSA) is 106 Å². The Balaban J connectivity index is 1.29. The SMILES string of the molecule is Cc1cc(Nc2nc(NC3CCC(N(C)C)CC3)c(C(C)C)nc2C(N)=O)ccc1N1CCC(N2CCN(C)CC2)CC1. The smallest absolute Gasteiger partial charge is 0.271 e. The number of carbonyl (C=O) groups excluding carboxylic acids is 1. The normalized spacial score (nSPS) is 22.7. The Morgan fingerprint density at radius 2 is 1.63 bits per heavy atom. The molecular weight excluding hydrogens is 538 g/mol. The number of nitrogens with one attached hydrogen (secondary N) is 2. The van der Waals surface area contributed by atoms with Gasteiger partial charge in [0.1, 0.15) is 0 Å². The van der Waals surface area contributed by atoms with Crippen LogP contribution in [0.2, 0.25) is 0 Å². The average molecular weight is 592 g/mol. The number of piperazine rings is 1. The second-order valence-electron chi connectivity index (χ2n) is 13.5. The molecule has 10 heteroatoms. The second kappa shape index (κ2) is 13.8. The van der Waals surface area contributed by atoms with Crippen LogP contribution in [0, 0.1) is 6.92 Å². The van der Waals surface area contributed by atoms with Gasteiger partial charge >= 0.3 is 0 Å². The number of nitrogens with two attached hydrogens (primary N) is 1. The van der Waals surface area contributed by atoms with Crippen LogP contribution in [-0.4, -0.2) is 109 Å². The van der Waals surface area contributed by atoms with Crippen LogP contribution < -0.4 is 21.3 Å². The van der Waals surface area contributed by atoms with Gasteiger partial charge in [-0.15, -0.1) is 0 Å². The van der Waals surface area contributed by atoms with Gasteiger partial charge in [0.05, 0.1) is 5.69 Å². The molecular formula is C33H53N9O. The predicted molar refractivity (Wildman–Crippen MR) is 177 cm³/mol. The number of piperidine rings is 1. The molecule has 0 atom stereocenters. The molecule has 236 valence electrons. The van der Waals surface area contributed by atoms with Crippen LogP contribution in [0.5, 0.6) is 0 Å². The van der Waals surface area contributed by atoms with Crippen molar-refractivity contribution in [1.29, 1.82) is 0 Å². The van der Waals surface area contributed by atoms with Gasteiger partial charge in [-0.3, -0.25) is 9.69 Å². The summed E-state index contributed by atoms with van der Waals surface area (Å²) in [5.74, 6) is 0.669. The molecule has 2 aromatic rings. The number of likely N-dealkylation sites (N-methyl/N-ethyl adjacent to an activating group) is 1. The number of aromatic nitrogens is 2. The van der Waals surface area contributed by atoms with E-state index < -0.39 is 5.91 Å². The molecule has 0 bridgehead atoms. The number of carbonyl (C=O) groups is 1. The average Bonchev–Trinajstić information content (AvgIpc) is 2.98.